The Morgan fingerprint density at radius 3 is 2.14 bits per heavy atom. The van der Waals surface area contributed by atoms with Gasteiger partial charge in [-0.2, -0.15) is 0 Å². The molecule has 72 heavy (non-hydrogen) atoms. The number of nitrogens with one attached hydrogen (secondary N) is 2. The molecule has 0 spiro atoms. The van der Waals surface area contributed by atoms with Gasteiger partial charge in [0, 0.05) is 38.5 Å². The fourth-order valence-electron chi connectivity index (χ4n) is 9.89. The van der Waals surface area contributed by atoms with Crippen molar-refractivity contribution < 1.29 is 47.6 Å². The quantitative estimate of drug-likeness (QED) is 0.0619. The van der Waals surface area contributed by atoms with Crippen LogP contribution in [0.5, 0.6) is 0 Å². The van der Waals surface area contributed by atoms with Crippen LogP contribution in [0.3, 0.4) is 0 Å². The molecule has 3 heterocycles. The van der Waals surface area contributed by atoms with E-state index in [0.29, 0.717) is 13.2 Å². The molecule has 7 rings (SSSR count). The number of halogens is 1. The molecule has 3 amide bonds. The van der Waals surface area contributed by atoms with Crippen LogP contribution in [0.15, 0.2) is 83.9 Å². The number of aliphatic hydroxyl groups excluding tert-OH is 1. The van der Waals surface area contributed by atoms with Crippen LogP contribution in [-0.4, -0.2) is 139 Å². The second kappa shape index (κ2) is 24.7. The first-order chi connectivity index (χ1) is 34.4. The van der Waals surface area contributed by atoms with Crippen molar-refractivity contribution >= 4 is 40.4 Å². The van der Waals surface area contributed by atoms with E-state index >= 15 is 4.39 Å². The lowest BCUT2D eigenvalue weighted by Gasteiger charge is -2.44. The fourth-order valence-corrected chi connectivity index (χ4v) is 10.7. The third-order valence-electron chi connectivity index (χ3n) is 13.4. The van der Waals surface area contributed by atoms with Crippen molar-refractivity contribution in [3.05, 3.63) is 117 Å². The largest absolute Gasteiger partial charge is 0.391 e. The topological polar surface area (TPSA) is 169 Å². The minimum Gasteiger partial charge on any atom is -0.391 e. The first-order valence-electron chi connectivity index (χ1n) is 25.1. The number of alkyl halides is 1. The van der Waals surface area contributed by atoms with Crippen molar-refractivity contribution in [2.24, 2.45) is 5.41 Å². The van der Waals surface area contributed by atoms with Crippen LogP contribution in [0, 0.1) is 12.3 Å². The Morgan fingerprint density at radius 2 is 1.50 bits per heavy atom. The monoisotopic (exact) mass is 1010 g/mol. The van der Waals surface area contributed by atoms with E-state index in [2.05, 4.69) is 63.8 Å². The van der Waals surface area contributed by atoms with Gasteiger partial charge in [-0.15, -0.1) is 11.3 Å². The zero-order valence-corrected chi connectivity index (χ0v) is 43.7. The highest BCUT2D eigenvalue weighted by molar-refractivity contribution is 7.13. The molecule has 3 N–H and O–H groups in total. The predicted molar refractivity (Wildman–Crippen MR) is 276 cm³/mol. The number of benzene rings is 3. The zero-order chi connectivity index (χ0) is 51.6. The van der Waals surface area contributed by atoms with Crippen molar-refractivity contribution in [1.29, 1.82) is 0 Å². The van der Waals surface area contributed by atoms with E-state index in [-0.39, 0.29) is 96.0 Å². The number of likely N-dealkylation sites (tertiary alicyclic amines) is 1. The summed E-state index contributed by atoms with van der Waals surface area (Å²) in [4.78, 5) is 62.3. The van der Waals surface area contributed by atoms with Gasteiger partial charge in [-0.25, -0.2) is 9.37 Å². The average molecular weight is 1010 g/mol. The van der Waals surface area contributed by atoms with Gasteiger partial charge in [0.25, 0.3) is 0 Å². The molecule has 1 fully saturated rings. The highest BCUT2D eigenvalue weighted by Crippen LogP contribution is 2.49. The van der Waals surface area contributed by atoms with Gasteiger partial charge in [0.15, 0.2) is 5.78 Å². The number of ketones is 1. The predicted octanol–water partition coefficient (Wildman–Crippen LogP) is 7.00. The summed E-state index contributed by atoms with van der Waals surface area (Å²) in [7, 11) is 0. The second-order valence-corrected chi connectivity index (χ2v) is 21.8. The maximum Gasteiger partial charge on any atom is 0.246 e. The highest BCUT2D eigenvalue weighted by Gasteiger charge is 2.45. The Labute approximate surface area is 427 Å². The molecule has 5 atom stereocenters. The van der Waals surface area contributed by atoms with Crippen molar-refractivity contribution in [2.75, 3.05) is 65.9 Å². The van der Waals surface area contributed by atoms with Crippen LogP contribution < -0.4 is 10.6 Å². The molecule has 14 nitrogen and oxygen atoms in total. The van der Waals surface area contributed by atoms with E-state index in [1.54, 1.807) is 25.2 Å². The number of Topliss-reactive ketones (excluding diaryl/α,β-unsaturated/α-hetero) is 1. The highest BCUT2D eigenvalue weighted by atomic mass is 32.1. The van der Waals surface area contributed by atoms with Crippen LogP contribution in [-0.2, 0) is 57.5 Å². The molecule has 1 saturated heterocycles. The number of nitrogens with zero attached hydrogens (tertiary/aromatic N) is 3. The third-order valence-corrected chi connectivity index (χ3v) is 14.4. The Hall–Kier alpha value is -5.20. The Balaban J connectivity index is 0.752. The van der Waals surface area contributed by atoms with Crippen LogP contribution in [0.1, 0.15) is 93.9 Å². The van der Waals surface area contributed by atoms with Crippen LogP contribution in [0.2, 0.25) is 0 Å². The minimum absolute atomic E-state index is 0.0247. The summed E-state index contributed by atoms with van der Waals surface area (Å²) in [6, 6.07) is 22.8. The molecule has 0 radical (unpaired) electrons. The number of aliphatic hydroxyl groups is 1. The number of β-amino-alcohol motifs (C(OH)–C–C–N with tert-alkyl or cyclic N) is 1. The lowest BCUT2D eigenvalue weighted by atomic mass is 9.84. The molecule has 0 saturated carbocycles. The number of ether oxygens (including phenoxy) is 4. The molecule has 2 aliphatic heterocycles. The first-order valence-corrected chi connectivity index (χ1v) is 26.0. The van der Waals surface area contributed by atoms with Gasteiger partial charge < -0.3 is 39.6 Å². The molecular formula is C56H72FN5O9S. The first kappa shape index (κ1) is 54.6. The molecule has 1 aliphatic carbocycles. The molecule has 16 heteroatoms. The van der Waals surface area contributed by atoms with Gasteiger partial charge in [0.05, 0.1) is 67.9 Å². The van der Waals surface area contributed by atoms with Gasteiger partial charge in [0.2, 0.25) is 17.7 Å². The SMILES string of the molecule is Cc1ncsc1-c1ccc(CNC(=O)[C@@H]2C[C@@H](O)CN2C(=O)[C@@H](NC(=O)COCCOCCOCCOCC(=O)Cc2ccc([C@@H]3C4=C(C[C@@H](C)N3CC(C)(C)F)c3ccccc3C4)cc2)C(C)(C)C)cc1. The normalized spacial score (nSPS) is 19.5. The lowest BCUT2D eigenvalue weighted by Crippen LogP contribution is -2.58. The van der Waals surface area contributed by atoms with E-state index in [9.17, 15) is 24.3 Å². The number of aryl methyl sites for hydroxylation is 1. The number of amides is 3. The van der Waals surface area contributed by atoms with Gasteiger partial charge in [-0.3, -0.25) is 24.1 Å². The molecule has 388 valence electrons. The van der Waals surface area contributed by atoms with Gasteiger partial charge >= 0.3 is 0 Å². The van der Waals surface area contributed by atoms with E-state index in [1.165, 1.54) is 27.2 Å². The molecule has 3 aromatic carbocycles. The lowest BCUT2D eigenvalue weighted by molar-refractivity contribution is -0.144. The van der Waals surface area contributed by atoms with Crippen molar-refractivity contribution in [1.82, 2.24) is 25.4 Å². The number of hydrogen-bond donors (Lipinski definition) is 3. The van der Waals surface area contributed by atoms with Crippen molar-refractivity contribution in [2.45, 2.75) is 117 Å². The zero-order valence-electron chi connectivity index (χ0n) is 42.8. The third kappa shape index (κ3) is 14.5. The number of hydrogen-bond acceptors (Lipinski definition) is 12. The maximum absolute atomic E-state index is 15.2. The average Bonchev–Trinajstić information content (AvgIpc) is 4.06. The summed E-state index contributed by atoms with van der Waals surface area (Å²) in [6.45, 7) is 14.6. The standard InChI is InChI=1S/C56H72FN5O9S/c1-36-26-46-45-11-9-8-10-42(45)28-47(46)50(62(36)34-56(6,7)57)40-16-12-38(13-17-40)27-44(64)32-70-24-22-68-20-21-69-23-25-71-33-49(65)60-52(55(3,4)5)54(67)61-31-43(63)29-48(61)53(66)58-30-39-14-18-41(19-15-39)51-37(2)59-35-72-51/h8-19,35-36,43,48,50,52,63H,20-34H2,1-7H3,(H,58,66)(H,60,65)/t36-,43-,48+,50-,52-/m1/s1. The van der Waals surface area contributed by atoms with Gasteiger partial charge in [-0.05, 0) is 90.5 Å². The number of aromatic nitrogens is 1. The number of thiazole rings is 1. The Kier molecular flexibility index (Phi) is 18.7. The molecule has 4 aromatic rings. The maximum atomic E-state index is 15.2. The minimum atomic E-state index is -1.35. The van der Waals surface area contributed by atoms with E-state index in [1.807, 2.05) is 69.6 Å². The summed E-state index contributed by atoms with van der Waals surface area (Å²) in [6.07, 6.45) is 1.20. The van der Waals surface area contributed by atoms with E-state index < -0.39 is 41.1 Å². The van der Waals surface area contributed by atoms with Crippen LogP contribution >= 0.6 is 11.3 Å². The second-order valence-electron chi connectivity index (χ2n) is 20.9. The Bertz CT molecular complexity index is 2520. The van der Waals surface area contributed by atoms with Crippen molar-refractivity contribution in [3.63, 3.8) is 0 Å². The summed E-state index contributed by atoms with van der Waals surface area (Å²) in [5.74, 6) is -1.37. The fraction of sp³-hybridized carbons (Fsp3) is 0.518. The Morgan fingerprint density at radius 1 is 0.861 bits per heavy atom. The number of fused-ring (bicyclic) bond motifs is 2. The molecule has 3 aliphatic rings. The van der Waals surface area contributed by atoms with E-state index in [0.717, 1.165) is 45.7 Å². The smallest absolute Gasteiger partial charge is 0.246 e. The molecule has 0 unspecified atom stereocenters. The molecule has 1 aromatic heterocycles. The van der Waals surface area contributed by atoms with Gasteiger partial charge in [0.1, 0.15) is 31.0 Å². The van der Waals surface area contributed by atoms with Crippen LogP contribution in [0.25, 0.3) is 16.0 Å². The van der Waals surface area contributed by atoms with Crippen molar-refractivity contribution in [3.8, 4) is 10.4 Å². The molecular weight excluding hydrogens is 938 g/mol. The van der Waals surface area contributed by atoms with E-state index in [4.69, 9.17) is 18.9 Å². The van der Waals surface area contributed by atoms with Crippen LogP contribution in [0.4, 0.5) is 4.39 Å². The summed E-state index contributed by atoms with van der Waals surface area (Å²) >= 11 is 1.57. The number of carbonyl (C=O) groups is 4. The number of rotatable bonds is 24. The number of carbonyl (C=O) groups excluding carboxylic acids is 4. The molecule has 0 bridgehead atoms. The summed E-state index contributed by atoms with van der Waals surface area (Å²) in [5.41, 5.74) is 10.0. The summed E-state index contributed by atoms with van der Waals surface area (Å²) < 4.78 is 37.5. The summed E-state index contributed by atoms with van der Waals surface area (Å²) in [5, 5.41) is 16.3. The van der Waals surface area contributed by atoms with Gasteiger partial charge in [-0.1, -0.05) is 93.6 Å².